The third-order valence-electron chi connectivity index (χ3n) is 0.581. The van der Waals surface area contributed by atoms with Crippen LogP contribution in [0.3, 0.4) is 0 Å². The highest BCUT2D eigenvalue weighted by Gasteiger charge is 1.78. The summed E-state index contributed by atoms with van der Waals surface area (Å²) < 4.78 is 5.02. The summed E-state index contributed by atoms with van der Waals surface area (Å²) in [5.41, 5.74) is 4.82. The van der Waals surface area contributed by atoms with Crippen LogP contribution < -0.4 is 18.1 Å². The number of hydrogen-bond acceptors (Lipinski definition) is 1. The Kier molecular flexibility index (Phi) is 10.0. The molecule has 0 aromatic heterocycles. The minimum Gasteiger partial charge on any atom is -1.00 e. The van der Waals surface area contributed by atoms with Crippen LogP contribution in [0, 0.1) is 0 Å². The Morgan fingerprint density at radius 2 is 2.11 bits per heavy atom. The fraction of sp³-hybridized carbons (Fsp3) is 0.667. The molecule has 0 fully saturated rings. The van der Waals surface area contributed by atoms with E-state index in [-0.39, 0.29) is 12.4 Å². The Hall–Kier alpha value is -0.210. The van der Waals surface area contributed by atoms with Gasteiger partial charge in [0.25, 0.3) is 0 Å². The molecule has 0 spiro atoms. The van der Waals surface area contributed by atoms with Crippen molar-refractivity contribution in [2.24, 2.45) is 0 Å². The monoisotopic (exact) mass is 151 g/mol. The van der Waals surface area contributed by atoms with E-state index < -0.39 is 0 Å². The molecule has 0 saturated heterocycles. The van der Waals surface area contributed by atoms with E-state index in [0.717, 1.165) is 13.2 Å². The van der Waals surface area contributed by atoms with Crippen LogP contribution in [0.2, 0.25) is 0 Å². The number of allylic oxidation sites excluding steroid dienone is 1. The molecule has 0 heterocycles. The van der Waals surface area contributed by atoms with E-state index in [1.165, 1.54) is 5.57 Å². The second-order valence-electron chi connectivity index (χ2n) is 1.92. The first-order valence-corrected chi connectivity index (χ1v) is 2.81. The maximum Gasteiger partial charge on any atom is 0.136 e. The lowest BCUT2D eigenvalue weighted by Gasteiger charge is -1.93. The molecule has 0 aliphatic rings. The molecule has 0 bridgehead atoms. The molecule has 0 rings (SSSR count). The average Bonchev–Trinajstić information content (AvgIpc) is 1.66. The molecule has 9 heavy (non-hydrogen) atoms. The van der Waals surface area contributed by atoms with Gasteiger partial charge in [0.2, 0.25) is 0 Å². The predicted octanol–water partition coefficient (Wildman–Crippen LogP) is -2.83. The third-order valence-corrected chi connectivity index (χ3v) is 0.581. The second-order valence-corrected chi connectivity index (χ2v) is 1.92. The van der Waals surface area contributed by atoms with Crippen molar-refractivity contribution in [3.8, 4) is 0 Å². The zero-order valence-electron chi connectivity index (χ0n) is 5.98. The fourth-order valence-corrected chi connectivity index (χ4v) is 0.309. The zero-order valence-corrected chi connectivity index (χ0v) is 6.74. The quantitative estimate of drug-likeness (QED) is 0.343. The number of ether oxygens (including phenoxy) is 1. The molecule has 0 aliphatic carbocycles. The molecule has 0 radical (unpaired) electrons. The molecular formula is C6H14ClNO. The van der Waals surface area contributed by atoms with E-state index in [1.807, 2.05) is 13.8 Å². The smallest absolute Gasteiger partial charge is 0.136 e. The van der Waals surface area contributed by atoms with Crippen LogP contribution in [0.4, 0.5) is 0 Å². The summed E-state index contributed by atoms with van der Waals surface area (Å²) in [5, 5.41) is 0. The Morgan fingerprint density at radius 3 is 2.44 bits per heavy atom. The highest BCUT2D eigenvalue weighted by molar-refractivity contribution is 4.86. The molecule has 0 amide bonds. The van der Waals surface area contributed by atoms with Crippen LogP contribution in [0.25, 0.3) is 0 Å². The summed E-state index contributed by atoms with van der Waals surface area (Å²) in [6, 6.07) is 0. The van der Waals surface area contributed by atoms with Gasteiger partial charge in [-0.3, -0.25) is 0 Å². The van der Waals surface area contributed by atoms with Crippen molar-refractivity contribution >= 4 is 0 Å². The van der Waals surface area contributed by atoms with Crippen molar-refractivity contribution < 1.29 is 22.9 Å². The van der Waals surface area contributed by atoms with Gasteiger partial charge in [-0.15, -0.1) is 0 Å². The molecule has 3 N–H and O–H groups in total. The normalized spacial score (nSPS) is 7.44. The van der Waals surface area contributed by atoms with Gasteiger partial charge in [0.05, 0.1) is 6.26 Å². The summed E-state index contributed by atoms with van der Waals surface area (Å²) in [6.45, 7) is 5.57. The summed E-state index contributed by atoms with van der Waals surface area (Å²) in [4.78, 5) is 0. The van der Waals surface area contributed by atoms with Gasteiger partial charge in [0, 0.05) is 0 Å². The largest absolute Gasteiger partial charge is 1.00 e. The lowest BCUT2D eigenvalue weighted by atomic mass is 10.4. The zero-order chi connectivity index (χ0) is 6.41. The van der Waals surface area contributed by atoms with Crippen molar-refractivity contribution in [3.63, 3.8) is 0 Å². The molecule has 56 valence electrons. The average molecular weight is 152 g/mol. The first-order chi connectivity index (χ1) is 3.77. The number of halogens is 1. The maximum atomic E-state index is 5.02. The van der Waals surface area contributed by atoms with Crippen molar-refractivity contribution in [2.75, 3.05) is 13.2 Å². The van der Waals surface area contributed by atoms with Gasteiger partial charge >= 0.3 is 0 Å². The summed E-state index contributed by atoms with van der Waals surface area (Å²) >= 11 is 0. The van der Waals surface area contributed by atoms with Gasteiger partial charge in [-0.1, -0.05) is 0 Å². The molecular weight excluding hydrogens is 138 g/mol. The summed E-state index contributed by atoms with van der Waals surface area (Å²) in [6.07, 6.45) is 1.76. The van der Waals surface area contributed by atoms with Crippen molar-refractivity contribution in [3.05, 3.63) is 11.8 Å². The molecule has 0 atom stereocenters. The minimum atomic E-state index is 0. The minimum absolute atomic E-state index is 0. The van der Waals surface area contributed by atoms with Gasteiger partial charge in [0.15, 0.2) is 0 Å². The van der Waals surface area contributed by atoms with Crippen molar-refractivity contribution in [1.82, 2.24) is 0 Å². The topological polar surface area (TPSA) is 36.9 Å². The molecule has 0 unspecified atom stereocenters. The fourth-order valence-electron chi connectivity index (χ4n) is 0.309. The molecule has 0 aliphatic heterocycles. The van der Waals surface area contributed by atoms with Crippen LogP contribution in [0.5, 0.6) is 0 Å². The Bertz CT molecular complexity index is 79.1. The van der Waals surface area contributed by atoms with Gasteiger partial charge in [-0.25, -0.2) is 0 Å². The van der Waals surface area contributed by atoms with E-state index in [2.05, 4.69) is 5.73 Å². The van der Waals surface area contributed by atoms with Crippen LogP contribution in [0.15, 0.2) is 11.8 Å². The Balaban J connectivity index is 0. The molecule has 0 aromatic carbocycles. The summed E-state index contributed by atoms with van der Waals surface area (Å²) in [7, 11) is 0. The van der Waals surface area contributed by atoms with Crippen molar-refractivity contribution in [2.45, 2.75) is 13.8 Å². The van der Waals surface area contributed by atoms with Crippen molar-refractivity contribution in [1.29, 1.82) is 0 Å². The van der Waals surface area contributed by atoms with Gasteiger partial charge in [-0.2, -0.15) is 0 Å². The lowest BCUT2D eigenvalue weighted by Crippen LogP contribution is -3.00. The molecule has 0 saturated carbocycles. The third kappa shape index (κ3) is 11.4. The van der Waals surface area contributed by atoms with Gasteiger partial charge in [0.1, 0.15) is 13.2 Å². The second kappa shape index (κ2) is 7.79. The van der Waals surface area contributed by atoms with Crippen LogP contribution in [-0.2, 0) is 4.74 Å². The first kappa shape index (κ1) is 11.6. The van der Waals surface area contributed by atoms with Crippen LogP contribution in [-0.4, -0.2) is 13.2 Å². The first-order valence-electron chi connectivity index (χ1n) is 2.81. The van der Waals surface area contributed by atoms with E-state index in [4.69, 9.17) is 4.74 Å². The van der Waals surface area contributed by atoms with E-state index in [1.54, 1.807) is 6.26 Å². The molecule has 0 aromatic rings. The number of rotatable bonds is 3. The maximum absolute atomic E-state index is 5.02. The molecule has 3 heteroatoms. The van der Waals surface area contributed by atoms with E-state index in [0.29, 0.717) is 0 Å². The highest BCUT2D eigenvalue weighted by Crippen LogP contribution is 1.87. The number of hydrogen-bond donors (Lipinski definition) is 1. The highest BCUT2D eigenvalue weighted by atomic mass is 35.5. The summed E-state index contributed by atoms with van der Waals surface area (Å²) in [5.74, 6) is 0. The van der Waals surface area contributed by atoms with Gasteiger partial charge < -0.3 is 22.9 Å². The SMILES string of the molecule is CC(C)=COCC[NH3+].[Cl-]. The Morgan fingerprint density at radius 1 is 1.56 bits per heavy atom. The lowest BCUT2D eigenvalue weighted by molar-refractivity contribution is -0.372. The predicted molar refractivity (Wildman–Crippen MR) is 33.1 cm³/mol. The van der Waals surface area contributed by atoms with E-state index >= 15 is 0 Å². The molecule has 2 nitrogen and oxygen atoms in total. The Labute approximate surface area is 62.5 Å². The van der Waals surface area contributed by atoms with Crippen LogP contribution >= 0.6 is 0 Å². The van der Waals surface area contributed by atoms with E-state index in [9.17, 15) is 0 Å². The number of quaternary nitrogens is 1. The van der Waals surface area contributed by atoms with Crippen LogP contribution in [0.1, 0.15) is 13.8 Å². The standard InChI is InChI=1S/C6H13NO.ClH/c1-6(2)5-8-4-3-7;/h5H,3-4,7H2,1-2H3;1H. The van der Waals surface area contributed by atoms with Gasteiger partial charge in [-0.05, 0) is 19.4 Å².